The summed E-state index contributed by atoms with van der Waals surface area (Å²) in [5, 5.41) is 21.1. The minimum absolute atomic E-state index is 0.410. The summed E-state index contributed by atoms with van der Waals surface area (Å²) in [5.74, 6) is -0.461. The quantitative estimate of drug-likeness (QED) is 0.906. The number of carbonyl (C=O) groups is 1. The number of halogens is 1. The summed E-state index contributed by atoms with van der Waals surface area (Å²) in [4.78, 5) is 11.7. The van der Waals surface area contributed by atoms with Crippen LogP contribution in [0.25, 0.3) is 11.4 Å². The molecule has 1 heterocycles. The Morgan fingerprint density at radius 2 is 1.90 bits per heavy atom. The number of rotatable bonds is 5. The molecule has 0 atom stereocenters. The van der Waals surface area contributed by atoms with Gasteiger partial charge in [0.25, 0.3) is 0 Å². The fourth-order valence-corrected chi connectivity index (χ4v) is 2.46. The summed E-state index contributed by atoms with van der Waals surface area (Å²) in [6.45, 7) is 3.65. The van der Waals surface area contributed by atoms with Crippen molar-refractivity contribution >= 4 is 21.9 Å². The first-order chi connectivity index (χ1) is 9.55. The number of nitrogens with zero attached hydrogens (tertiary/aromatic N) is 4. The molecule has 0 saturated carbocycles. The van der Waals surface area contributed by atoms with E-state index >= 15 is 0 Å². The molecule has 0 fully saturated rings. The van der Waals surface area contributed by atoms with Gasteiger partial charge in [-0.05, 0) is 35.4 Å². The minimum atomic E-state index is -1.12. The van der Waals surface area contributed by atoms with E-state index in [9.17, 15) is 9.90 Å². The highest BCUT2D eigenvalue weighted by molar-refractivity contribution is 9.10. The maximum Gasteiger partial charge on any atom is 0.331 e. The second kappa shape index (κ2) is 5.70. The largest absolute Gasteiger partial charge is 0.479 e. The number of aliphatic carboxylic acids is 1. The highest BCUT2D eigenvalue weighted by atomic mass is 79.9. The maximum absolute atomic E-state index is 11.7. The third kappa shape index (κ3) is 2.33. The molecule has 6 nitrogen and oxygen atoms in total. The molecule has 0 aliphatic carbocycles. The van der Waals surface area contributed by atoms with Crippen molar-refractivity contribution in [3.05, 3.63) is 28.7 Å². The van der Waals surface area contributed by atoms with E-state index in [-0.39, 0.29) is 0 Å². The SMILES string of the molecule is CCC(CC)(C(=O)O)n1nnnc1-c1ccc(Br)cc1. The van der Waals surface area contributed by atoms with Gasteiger partial charge in [0, 0.05) is 10.0 Å². The normalized spacial score (nSPS) is 11.6. The Morgan fingerprint density at radius 3 is 2.40 bits per heavy atom. The Bertz CT molecular complexity index is 605. The third-order valence-corrected chi connectivity index (χ3v) is 4.07. The lowest BCUT2D eigenvalue weighted by atomic mass is 9.93. The maximum atomic E-state index is 11.7. The molecule has 1 aromatic heterocycles. The molecule has 1 aromatic carbocycles. The fraction of sp³-hybridized carbons (Fsp3) is 0.385. The van der Waals surface area contributed by atoms with Crippen molar-refractivity contribution in [2.45, 2.75) is 32.2 Å². The molecule has 0 unspecified atom stereocenters. The Hall–Kier alpha value is -1.76. The first kappa shape index (κ1) is 14.6. The number of tetrazole rings is 1. The Morgan fingerprint density at radius 1 is 1.30 bits per heavy atom. The summed E-state index contributed by atoms with van der Waals surface area (Å²) in [5.41, 5.74) is -0.336. The van der Waals surface area contributed by atoms with Gasteiger partial charge < -0.3 is 5.11 Å². The smallest absolute Gasteiger partial charge is 0.331 e. The number of hydrogen-bond acceptors (Lipinski definition) is 4. The highest BCUT2D eigenvalue weighted by Crippen LogP contribution is 2.29. The van der Waals surface area contributed by atoms with Crippen LogP contribution in [0.3, 0.4) is 0 Å². The summed E-state index contributed by atoms with van der Waals surface area (Å²) in [6, 6.07) is 7.44. The van der Waals surface area contributed by atoms with Crippen LogP contribution in [0.5, 0.6) is 0 Å². The second-order valence-corrected chi connectivity index (χ2v) is 5.38. The van der Waals surface area contributed by atoms with Crippen LogP contribution in [0.15, 0.2) is 28.7 Å². The van der Waals surface area contributed by atoms with Gasteiger partial charge in [0.15, 0.2) is 11.4 Å². The number of aromatic nitrogens is 4. The topological polar surface area (TPSA) is 80.9 Å². The van der Waals surface area contributed by atoms with Crippen molar-refractivity contribution in [1.29, 1.82) is 0 Å². The van der Waals surface area contributed by atoms with Crippen molar-refractivity contribution in [1.82, 2.24) is 20.2 Å². The van der Waals surface area contributed by atoms with Gasteiger partial charge in [0.1, 0.15) is 0 Å². The van der Waals surface area contributed by atoms with Crippen LogP contribution in [0, 0.1) is 0 Å². The van der Waals surface area contributed by atoms with Crippen molar-refractivity contribution in [2.75, 3.05) is 0 Å². The molecule has 0 aliphatic heterocycles. The highest BCUT2D eigenvalue weighted by Gasteiger charge is 2.40. The van der Waals surface area contributed by atoms with E-state index in [1.54, 1.807) is 0 Å². The standard InChI is InChI=1S/C13H15BrN4O2/c1-3-13(4-2,12(19)20)18-11(15-16-17-18)9-5-7-10(14)8-6-9/h5-8H,3-4H2,1-2H3,(H,19,20). The van der Waals surface area contributed by atoms with Crippen LogP contribution in [-0.2, 0) is 10.3 Å². The monoisotopic (exact) mass is 338 g/mol. The second-order valence-electron chi connectivity index (χ2n) is 4.47. The van der Waals surface area contributed by atoms with Gasteiger partial charge in [0.05, 0.1) is 0 Å². The zero-order valence-electron chi connectivity index (χ0n) is 11.2. The summed E-state index contributed by atoms with van der Waals surface area (Å²) in [7, 11) is 0. The number of carboxylic acids is 1. The van der Waals surface area contributed by atoms with Crippen LogP contribution in [0.4, 0.5) is 0 Å². The van der Waals surface area contributed by atoms with Gasteiger partial charge in [-0.1, -0.05) is 41.9 Å². The number of hydrogen-bond donors (Lipinski definition) is 1. The Labute approximate surface area is 124 Å². The lowest BCUT2D eigenvalue weighted by molar-refractivity contribution is -0.148. The summed E-state index contributed by atoms with van der Waals surface area (Å²) >= 11 is 3.36. The molecule has 106 valence electrons. The molecule has 7 heteroatoms. The minimum Gasteiger partial charge on any atom is -0.479 e. The molecule has 0 saturated heterocycles. The van der Waals surface area contributed by atoms with E-state index in [1.165, 1.54) is 4.68 Å². The van der Waals surface area contributed by atoms with E-state index in [0.29, 0.717) is 18.7 Å². The third-order valence-electron chi connectivity index (χ3n) is 3.55. The molecule has 0 spiro atoms. The molecular formula is C13H15BrN4O2. The lowest BCUT2D eigenvalue weighted by Crippen LogP contribution is -2.42. The molecule has 0 bridgehead atoms. The van der Waals surface area contributed by atoms with Crippen LogP contribution in [-0.4, -0.2) is 31.3 Å². The van der Waals surface area contributed by atoms with E-state index in [0.717, 1.165) is 10.0 Å². The Kier molecular flexibility index (Phi) is 4.17. The molecule has 0 aliphatic rings. The lowest BCUT2D eigenvalue weighted by Gasteiger charge is -2.27. The van der Waals surface area contributed by atoms with Gasteiger partial charge in [-0.25, -0.2) is 9.48 Å². The average Bonchev–Trinajstić information content (AvgIpc) is 2.91. The fourth-order valence-electron chi connectivity index (χ4n) is 2.20. The van der Waals surface area contributed by atoms with Crippen LogP contribution < -0.4 is 0 Å². The van der Waals surface area contributed by atoms with E-state index in [2.05, 4.69) is 31.5 Å². The van der Waals surface area contributed by atoms with Crippen LogP contribution >= 0.6 is 15.9 Å². The predicted octanol–water partition coefficient (Wildman–Crippen LogP) is 2.70. The molecule has 1 N–H and O–H groups in total. The van der Waals surface area contributed by atoms with Crippen molar-refractivity contribution < 1.29 is 9.90 Å². The van der Waals surface area contributed by atoms with Gasteiger partial charge in [0.2, 0.25) is 0 Å². The number of benzene rings is 1. The van der Waals surface area contributed by atoms with E-state index < -0.39 is 11.5 Å². The molecule has 2 aromatic rings. The van der Waals surface area contributed by atoms with Crippen molar-refractivity contribution in [3.8, 4) is 11.4 Å². The molecule has 2 rings (SSSR count). The van der Waals surface area contributed by atoms with Gasteiger partial charge in [-0.15, -0.1) is 5.10 Å². The molecule has 0 radical (unpaired) electrons. The molecule has 0 amide bonds. The predicted molar refractivity (Wildman–Crippen MR) is 77.1 cm³/mol. The molecular weight excluding hydrogens is 324 g/mol. The molecule has 20 heavy (non-hydrogen) atoms. The summed E-state index contributed by atoms with van der Waals surface area (Å²) in [6.07, 6.45) is 0.820. The zero-order valence-corrected chi connectivity index (χ0v) is 12.8. The zero-order chi connectivity index (χ0) is 14.8. The number of carboxylic acid groups (broad SMARTS) is 1. The van der Waals surface area contributed by atoms with Gasteiger partial charge >= 0.3 is 5.97 Å². The average molecular weight is 339 g/mol. The van der Waals surface area contributed by atoms with Crippen molar-refractivity contribution in [3.63, 3.8) is 0 Å². The van der Waals surface area contributed by atoms with E-state index in [4.69, 9.17) is 0 Å². The van der Waals surface area contributed by atoms with Crippen molar-refractivity contribution in [2.24, 2.45) is 0 Å². The first-order valence-corrected chi connectivity index (χ1v) is 7.12. The van der Waals surface area contributed by atoms with Gasteiger partial charge in [-0.3, -0.25) is 0 Å². The first-order valence-electron chi connectivity index (χ1n) is 6.33. The Balaban J connectivity index is 2.57. The van der Waals surface area contributed by atoms with Crippen LogP contribution in [0.2, 0.25) is 0 Å². The summed E-state index contributed by atoms with van der Waals surface area (Å²) < 4.78 is 2.36. The van der Waals surface area contributed by atoms with Gasteiger partial charge in [-0.2, -0.15) is 0 Å². The van der Waals surface area contributed by atoms with E-state index in [1.807, 2.05) is 38.1 Å². The van der Waals surface area contributed by atoms with Crippen LogP contribution in [0.1, 0.15) is 26.7 Å².